The molecule has 0 rings (SSSR count). The Morgan fingerprint density at radius 2 is 1.31 bits per heavy atom. The zero-order valence-electron chi connectivity index (χ0n) is 9.57. The maximum Gasteiger partial charge on any atom is 1.00 e. The van der Waals surface area contributed by atoms with E-state index in [1.807, 2.05) is 0 Å². The fourth-order valence-electron chi connectivity index (χ4n) is 0.490. The van der Waals surface area contributed by atoms with Crippen LogP contribution in [-0.2, 0) is 32.6 Å². The van der Waals surface area contributed by atoms with Gasteiger partial charge >= 0.3 is 88.7 Å². The maximum atomic E-state index is 10.8. The molecule has 0 saturated carbocycles. The van der Waals surface area contributed by atoms with Crippen LogP contribution in [-0.4, -0.2) is 48.6 Å². The molecule has 0 aromatic heterocycles. The van der Waals surface area contributed by atoms with E-state index in [1.165, 1.54) is 0 Å². The summed E-state index contributed by atoms with van der Waals surface area (Å²) in [5.74, 6) is -1.68. The smallest absolute Gasteiger partial charge is 0.771 e. The van der Waals surface area contributed by atoms with Gasteiger partial charge in [0.1, 0.15) is 0 Å². The fourth-order valence-corrected chi connectivity index (χ4v) is 3.52. The van der Waals surface area contributed by atoms with Crippen molar-refractivity contribution in [3.05, 3.63) is 0 Å². The third-order valence-electron chi connectivity index (χ3n) is 1.02. The maximum absolute atomic E-state index is 10.8. The van der Waals surface area contributed by atoms with E-state index in [-0.39, 0.29) is 88.7 Å². The minimum atomic E-state index is -4.09. The number of rotatable bonds is 5. The first-order chi connectivity index (χ1) is 5.73. The first-order valence-corrected chi connectivity index (χ1v) is 7.40. The molecular formula is C3H8NNa3O6S3. The van der Waals surface area contributed by atoms with Crippen LogP contribution in [0.4, 0.5) is 0 Å². The molecule has 13 heteroatoms. The van der Waals surface area contributed by atoms with Gasteiger partial charge in [-0.15, -0.1) is 0 Å². The zero-order chi connectivity index (χ0) is 10.6. The predicted octanol–water partition coefficient (Wildman–Crippen LogP) is -11.3. The molecular weight excluding hydrogens is 311 g/mol. The number of thiol groups is 1. The number of sulfonamides is 1. The Morgan fingerprint density at radius 3 is 1.44 bits per heavy atom. The molecule has 0 aliphatic carbocycles. The summed E-state index contributed by atoms with van der Waals surface area (Å²) >= 11 is -5.26. The predicted molar refractivity (Wildman–Crippen MR) is 45.7 cm³/mol. The Kier molecular flexibility index (Phi) is 22.9. The first kappa shape index (κ1) is 27.6. The minimum Gasteiger partial charge on any atom is -0.771 e. The van der Waals surface area contributed by atoms with E-state index in [0.29, 0.717) is 4.31 Å². The summed E-state index contributed by atoms with van der Waals surface area (Å²) < 4.78 is 62.5. The van der Waals surface area contributed by atoms with Crippen LogP contribution in [0.3, 0.4) is 0 Å². The standard InChI is InChI=1S/C3H11NO6S3.3Na/c1-13(9,10)4(2-11(5)6)3-12(7)8;;;/h13H,2-3H2,1H3,(H,5,6)(H,7,8)(H,9,10);;;/q;3*+1/p-3. The summed E-state index contributed by atoms with van der Waals surface area (Å²) in [7, 11) is -4.09. The van der Waals surface area contributed by atoms with E-state index < -0.39 is 44.3 Å². The fraction of sp³-hybridized carbons (Fsp3) is 1.00. The molecule has 0 spiro atoms. The Morgan fingerprint density at radius 1 is 1.06 bits per heavy atom. The van der Waals surface area contributed by atoms with Crippen LogP contribution in [0.5, 0.6) is 0 Å². The van der Waals surface area contributed by atoms with Crippen molar-refractivity contribution < 1.29 is 115 Å². The van der Waals surface area contributed by atoms with Crippen LogP contribution < -0.4 is 88.7 Å². The third kappa shape index (κ3) is 15.3. The zero-order valence-corrected chi connectivity index (χ0v) is 18.1. The van der Waals surface area contributed by atoms with Gasteiger partial charge in [-0.1, -0.05) is 0 Å². The molecule has 0 fully saturated rings. The molecule has 0 aromatic rings. The molecule has 7 nitrogen and oxygen atoms in total. The van der Waals surface area contributed by atoms with Crippen molar-refractivity contribution in [2.24, 2.45) is 0 Å². The average Bonchev–Trinajstić information content (AvgIpc) is 1.81. The molecule has 0 aromatic carbocycles. The van der Waals surface area contributed by atoms with Crippen LogP contribution in [0.2, 0.25) is 0 Å². The molecule has 0 N–H and O–H groups in total. The van der Waals surface area contributed by atoms with Crippen molar-refractivity contribution >= 4 is 32.6 Å². The Hall–Kier alpha value is 3.29. The van der Waals surface area contributed by atoms with Crippen molar-refractivity contribution in [2.75, 3.05) is 18.0 Å². The van der Waals surface area contributed by atoms with Gasteiger partial charge in [-0.2, -0.15) is 0 Å². The number of hydrogen-bond donors (Lipinski definition) is 1. The number of hydrogen-bond acceptors (Lipinski definition) is 6. The summed E-state index contributed by atoms with van der Waals surface area (Å²) in [6.07, 6.45) is 0.757. The van der Waals surface area contributed by atoms with E-state index in [9.17, 15) is 26.3 Å². The second kappa shape index (κ2) is 13.3. The molecule has 0 amide bonds. The van der Waals surface area contributed by atoms with E-state index in [0.717, 1.165) is 6.26 Å². The third-order valence-corrected chi connectivity index (χ3v) is 3.76. The van der Waals surface area contributed by atoms with Crippen LogP contribution in [0, 0.1) is 0 Å². The number of nitrogens with zero attached hydrogens (tertiary/aromatic N) is 1. The SMILES string of the molecule is C[SH](=O)([O-])N(CS(=O)[O-])CS(=O)[O-].[Na+].[Na+].[Na+]. The Labute approximate surface area is 167 Å². The van der Waals surface area contributed by atoms with E-state index >= 15 is 0 Å². The monoisotopic (exact) mass is 319 g/mol. The van der Waals surface area contributed by atoms with Gasteiger partial charge in [0, 0.05) is 6.26 Å². The first-order valence-electron chi connectivity index (χ1n) is 2.89. The van der Waals surface area contributed by atoms with Gasteiger partial charge in [-0.3, -0.25) is 18.8 Å². The van der Waals surface area contributed by atoms with Crippen molar-refractivity contribution in [1.82, 2.24) is 4.31 Å². The van der Waals surface area contributed by atoms with Crippen LogP contribution in [0.15, 0.2) is 0 Å². The van der Waals surface area contributed by atoms with Crippen molar-refractivity contribution in [2.45, 2.75) is 0 Å². The molecule has 0 heterocycles. The van der Waals surface area contributed by atoms with Gasteiger partial charge < -0.3 is 13.7 Å². The molecule has 2 atom stereocenters. The summed E-state index contributed by atoms with van der Waals surface area (Å²) in [6, 6.07) is 0. The van der Waals surface area contributed by atoms with Crippen LogP contribution in [0.1, 0.15) is 0 Å². The van der Waals surface area contributed by atoms with E-state index in [2.05, 4.69) is 0 Å². The minimum absolute atomic E-state index is 0. The molecule has 0 aliphatic rings. The molecule has 0 bridgehead atoms. The van der Waals surface area contributed by atoms with Gasteiger partial charge in [0.25, 0.3) is 0 Å². The quantitative estimate of drug-likeness (QED) is 0.305. The van der Waals surface area contributed by atoms with Gasteiger partial charge in [-0.25, -0.2) is 8.51 Å². The molecule has 82 valence electrons. The molecule has 0 radical (unpaired) electrons. The summed E-state index contributed by atoms with van der Waals surface area (Å²) in [5, 5.41) is 0. The van der Waals surface area contributed by atoms with Crippen molar-refractivity contribution in [1.29, 1.82) is 0 Å². The second-order valence-corrected chi connectivity index (χ2v) is 6.08. The van der Waals surface area contributed by atoms with Gasteiger partial charge in [0.15, 0.2) is 0 Å². The molecule has 16 heavy (non-hydrogen) atoms. The molecule has 0 saturated heterocycles. The van der Waals surface area contributed by atoms with Gasteiger partial charge in [0.2, 0.25) is 0 Å². The molecule has 2 unspecified atom stereocenters. The normalized spacial score (nSPS) is 15.1. The van der Waals surface area contributed by atoms with Crippen molar-refractivity contribution in [3.8, 4) is 0 Å². The van der Waals surface area contributed by atoms with E-state index in [1.54, 1.807) is 0 Å². The Bertz CT molecular complexity index is 255. The Balaban J connectivity index is -0.000000240. The summed E-state index contributed by atoms with van der Waals surface area (Å²) in [5.41, 5.74) is 0. The van der Waals surface area contributed by atoms with Gasteiger partial charge in [-0.05, 0) is 22.2 Å². The largest absolute Gasteiger partial charge is 1.00 e. The van der Waals surface area contributed by atoms with Crippen LogP contribution >= 0.6 is 0 Å². The molecule has 0 aliphatic heterocycles. The van der Waals surface area contributed by atoms with Crippen LogP contribution in [0.25, 0.3) is 0 Å². The summed E-state index contributed by atoms with van der Waals surface area (Å²) in [6.45, 7) is 0. The van der Waals surface area contributed by atoms with E-state index in [4.69, 9.17) is 0 Å². The summed E-state index contributed by atoms with van der Waals surface area (Å²) in [4.78, 5) is 0. The average molecular weight is 319 g/mol. The van der Waals surface area contributed by atoms with Crippen molar-refractivity contribution in [3.63, 3.8) is 0 Å². The second-order valence-electron chi connectivity index (χ2n) is 2.18. The topological polar surface area (TPSA) is 124 Å². The van der Waals surface area contributed by atoms with Gasteiger partial charge in [0.05, 0.1) is 11.8 Å².